The van der Waals surface area contributed by atoms with E-state index >= 15 is 0 Å². The van der Waals surface area contributed by atoms with E-state index in [9.17, 15) is 5.11 Å². The predicted molar refractivity (Wildman–Crippen MR) is 97.4 cm³/mol. The Hall–Kier alpha value is -3.00. The van der Waals surface area contributed by atoms with Crippen molar-refractivity contribution in [1.82, 2.24) is 15.2 Å². The number of benzene rings is 2. The Kier molecular flexibility index (Phi) is 4.49. The molecule has 0 saturated heterocycles. The number of aromatic amines is 1. The Morgan fingerprint density at radius 3 is 2.77 bits per heavy atom. The summed E-state index contributed by atoms with van der Waals surface area (Å²) in [5.41, 5.74) is 2.30. The Morgan fingerprint density at radius 1 is 1.12 bits per heavy atom. The summed E-state index contributed by atoms with van der Waals surface area (Å²) in [6, 6.07) is 12.5. The van der Waals surface area contributed by atoms with Gasteiger partial charge in [-0.2, -0.15) is 0 Å². The number of H-pyrrole nitrogens is 1. The van der Waals surface area contributed by atoms with E-state index in [-0.39, 0.29) is 12.5 Å². The van der Waals surface area contributed by atoms with E-state index in [1.807, 2.05) is 30.3 Å². The molecule has 3 aromatic rings. The van der Waals surface area contributed by atoms with E-state index in [1.165, 1.54) is 11.8 Å². The molecule has 0 aliphatic carbocycles. The lowest BCUT2D eigenvalue weighted by Crippen LogP contribution is -2.02. The largest absolute Gasteiger partial charge is 0.508 e. The van der Waals surface area contributed by atoms with Crippen LogP contribution in [-0.4, -0.2) is 38.5 Å². The zero-order valence-electron chi connectivity index (χ0n) is 13.7. The van der Waals surface area contributed by atoms with Crippen molar-refractivity contribution >= 4 is 17.5 Å². The van der Waals surface area contributed by atoms with Crippen LogP contribution in [0.3, 0.4) is 0 Å². The standard InChI is InChI=1S/C18H16N4O3S/c19-14(12-3-6-15-16(8-12)25-10-24-15)9-26-18-20-17(21-22-18)7-11-1-4-13(23)5-2-11/h1-6,8,19,23H,7,9-10H2,(H,20,21,22). The topological polar surface area (TPSA) is 104 Å². The van der Waals surface area contributed by atoms with Gasteiger partial charge in [-0.05, 0) is 35.9 Å². The number of aromatic nitrogens is 3. The molecule has 1 aliphatic heterocycles. The first-order valence-electron chi connectivity index (χ1n) is 7.97. The normalized spacial score (nSPS) is 12.3. The number of fused-ring (bicyclic) bond motifs is 1. The number of hydrogen-bond acceptors (Lipinski definition) is 7. The molecular weight excluding hydrogens is 352 g/mol. The van der Waals surface area contributed by atoms with Gasteiger partial charge in [0, 0.05) is 23.4 Å². The fourth-order valence-corrected chi connectivity index (χ4v) is 3.28. The third-order valence-corrected chi connectivity index (χ3v) is 4.79. The van der Waals surface area contributed by atoms with Crippen molar-refractivity contribution in [3.8, 4) is 17.2 Å². The minimum Gasteiger partial charge on any atom is -0.508 e. The minimum absolute atomic E-state index is 0.225. The summed E-state index contributed by atoms with van der Waals surface area (Å²) in [5, 5.41) is 26.5. The van der Waals surface area contributed by atoms with Crippen molar-refractivity contribution in [2.75, 3.05) is 12.5 Å². The Labute approximate surface area is 153 Å². The number of rotatable bonds is 6. The number of hydrogen-bond donors (Lipinski definition) is 3. The van der Waals surface area contributed by atoms with Crippen LogP contribution in [0.15, 0.2) is 47.6 Å². The van der Waals surface area contributed by atoms with Crippen LogP contribution >= 0.6 is 11.8 Å². The van der Waals surface area contributed by atoms with Gasteiger partial charge in [0.25, 0.3) is 0 Å². The van der Waals surface area contributed by atoms with Gasteiger partial charge in [0.2, 0.25) is 6.79 Å². The summed E-state index contributed by atoms with van der Waals surface area (Å²) in [5.74, 6) is 2.84. The van der Waals surface area contributed by atoms with Crippen LogP contribution in [0.4, 0.5) is 0 Å². The monoisotopic (exact) mass is 368 g/mol. The lowest BCUT2D eigenvalue weighted by Gasteiger charge is -2.04. The molecule has 0 bridgehead atoms. The second-order valence-electron chi connectivity index (χ2n) is 5.76. The van der Waals surface area contributed by atoms with E-state index in [1.54, 1.807) is 12.1 Å². The van der Waals surface area contributed by atoms with Crippen molar-refractivity contribution < 1.29 is 14.6 Å². The van der Waals surface area contributed by atoms with Crippen LogP contribution in [0.25, 0.3) is 0 Å². The molecule has 1 aliphatic rings. The van der Waals surface area contributed by atoms with Gasteiger partial charge in [0.05, 0.1) is 0 Å². The third kappa shape index (κ3) is 3.65. The van der Waals surface area contributed by atoms with Crippen molar-refractivity contribution in [1.29, 1.82) is 5.41 Å². The van der Waals surface area contributed by atoms with Gasteiger partial charge >= 0.3 is 0 Å². The van der Waals surface area contributed by atoms with Gasteiger partial charge < -0.3 is 25.0 Å². The van der Waals surface area contributed by atoms with E-state index in [0.29, 0.717) is 34.5 Å². The second kappa shape index (κ2) is 7.09. The molecular formula is C18H16N4O3S. The van der Waals surface area contributed by atoms with Gasteiger partial charge in [-0.3, -0.25) is 0 Å². The van der Waals surface area contributed by atoms with Crippen LogP contribution < -0.4 is 9.47 Å². The summed E-state index contributed by atoms with van der Waals surface area (Å²) in [4.78, 5) is 3.16. The molecule has 1 aromatic heterocycles. The third-order valence-electron chi connectivity index (χ3n) is 3.89. The van der Waals surface area contributed by atoms with Gasteiger partial charge in [0.1, 0.15) is 11.6 Å². The van der Waals surface area contributed by atoms with Crippen LogP contribution in [-0.2, 0) is 6.42 Å². The highest BCUT2D eigenvalue weighted by Crippen LogP contribution is 2.33. The average molecular weight is 368 g/mol. The molecule has 0 fully saturated rings. The van der Waals surface area contributed by atoms with E-state index in [4.69, 9.17) is 14.9 Å². The van der Waals surface area contributed by atoms with Crippen LogP contribution in [0.2, 0.25) is 0 Å². The average Bonchev–Trinajstić information content (AvgIpc) is 3.30. The molecule has 132 valence electrons. The van der Waals surface area contributed by atoms with Crippen molar-refractivity contribution in [3.05, 3.63) is 59.4 Å². The molecule has 7 nitrogen and oxygen atoms in total. The number of aromatic hydroxyl groups is 1. The molecule has 0 unspecified atom stereocenters. The van der Waals surface area contributed by atoms with Gasteiger partial charge in [-0.25, -0.2) is 0 Å². The van der Waals surface area contributed by atoms with Crippen LogP contribution in [0.1, 0.15) is 17.0 Å². The Bertz CT molecular complexity index is 940. The minimum atomic E-state index is 0.225. The molecule has 0 saturated carbocycles. The zero-order chi connectivity index (χ0) is 17.9. The molecule has 0 amide bonds. The van der Waals surface area contributed by atoms with Crippen molar-refractivity contribution in [2.45, 2.75) is 11.6 Å². The number of phenols is 1. The molecule has 0 spiro atoms. The van der Waals surface area contributed by atoms with Gasteiger partial charge in [-0.1, -0.05) is 23.9 Å². The molecule has 3 N–H and O–H groups in total. The maximum Gasteiger partial charge on any atom is 0.231 e. The maximum atomic E-state index is 9.32. The Morgan fingerprint density at radius 2 is 1.92 bits per heavy atom. The van der Waals surface area contributed by atoms with Gasteiger partial charge in [0.15, 0.2) is 16.7 Å². The molecule has 0 atom stereocenters. The predicted octanol–water partition coefficient (Wildman–Crippen LogP) is 2.99. The summed E-state index contributed by atoms with van der Waals surface area (Å²) in [7, 11) is 0. The van der Waals surface area contributed by atoms with Crippen molar-refractivity contribution in [3.63, 3.8) is 0 Å². The molecule has 8 heteroatoms. The Balaban J connectivity index is 1.35. The number of ether oxygens (including phenoxy) is 2. The highest BCUT2D eigenvalue weighted by Gasteiger charge is 2.15. The summed E-state index contributed by atoms with van der Waals surface area (Å²) in [6.07, 6.45) is 0.605. The number of phenolic OH excluding ortho intramolecular Hbond substituents is 1. The lowest BCUT2D eigenvalue weighted by molar-refractivity contribution is 0.174. The maximum absolute atomic E-state index is 9.32. The van der Waals surface area contributed by atoms with Gasteiger partial charge in [-0.15, -0.1) is 10.2 Å². The van der Waals surface area contributed by atoms with E-state index < -0.39 is 0 Å². The van der Waals surface area contributed by atoms with Crippen LogP contribution in [0.5, 0.6) is 17.2 Å². The highest BCUT2D eigenvalue weighted by molar-refractivity contribution is 7.99. The summed E-state index contributed by atoms with van der Waals surface area (Å²) >= 11 is 1.42. The second-order valence-corrected chi connectivity index (χ2v) is 6.72. The quantitative estimate of drug-likeness (QED) is 0.456. The smallest absolute Gasteiger partial charge is 0.231 e. The summed E-state index contributed by atoms with van der Waals surface area (Å²) in [6.45, 7) is 0.225. The molecule has 4 rings (SSSR count). The first kappa shape index (κ1) is 16.5. The number of nitrogens with zero attached hydrogens (tertiary/aromatic N) is 2. The lowest BCUT2D eigenvalue weighted by atomic mass is 10.1. The fourth-order valence-electron chi connectivity index (χ4n) is 2.54. The highest BCUT2D eigenvalue weighted by atomic mass is 32.2. The molecule has 26 heavy (non-hydrogen) atoms. The zero-order valence-corrected chi connectivity index (χ0v) is 14.5. The van der Waals surface area contributed by atoms with Crippen molar-refractivity contribution in [2.24, 2.45) is 0 Å². The number of nitrogens with one attached hydrogen (secondary N) is 2. The number of thioether (sulfide) groups is 1. The molecule has 2 aromatic carbocycles. The fraction of sp³-hybridized carbons (Fsp3) is 0.167. The van der Waals surface area contributed by atoms with E-state index in [0.717, 1.165) is 17.0 Å². The molecule has 2 heterocycles. The first-order valence-corrected chi connectivity index (χ1v) is 8.95. The van der Waals surface area contributed by atoms with Crippen LogP contribution in [0, 0.1) is 5.41 Å². The summed E-state index contributed by atoms with van der Waals surface area (Å²) < 4.78 is 10.6. The molecule has 0 radical (unpaired) electrons. The SMILES string of the molecule is N=C(CSc1nnc(Cc2ccc(O)cc2)[nH]1)c1ccc2c(c1)OCO2. The van der Waals surface area contributed by atoms with E-state index in [2.05, 4.69) is 15.2 Å². The first-order chi connectivity index (χ1) is 12.7.